The minimum Gasteiger partial charge on any atom is -0.381 e. The monoisotopic (exact) mass is 264 g/mol. The van der Waals surface area contributed by atoms with Crippen LogP contribution in [0.1, 0.15) is 5.56 Å². The van der Waals surface area contributed by atoms with Crippen molar-refractivity contribution in [2.75, 3.05) is 17.7 Å². The van der Waals surface area contributed by atoms with Crippen molar-refractivity contribution in [3.05, 3.63) is 60.4 Å². The van der Waals surface area contributed by atoms with Gasteiger partial charge in [0.05, 0.1) is 5.52 Å². The highest BCUT2D eigenvalue weighted by molar-refractivity contribution is 5.81. The van der Waals surface area contributed by atoms with Gasteiger partial charge < -0.3 is 10.6 Å². The van der Waals surface area contributed by atoms with Crippen molar-refractivity contribution < 1.29 is 0 Å². The molecule has 4 heteroatoms. The Morgan fingerprint density at radius 3 is 2.80 bits per heavy atom. The summed E-state index contributed by atoms with van der Waals surface area (Å²) in [4.78, 5) is 8.66. The molecule has 2 N–H and O–H groups in total. The van der Waals surface area contributed by atoms with Crippen LogP contribution < -0.4 is 10.6 Å². The van der Waals surface area contributed by atoms with Gasteiger partial charge in [-0.05, 0) is 17.7 Å². The van der Waals surface area contributed by atoms with Crippen molar-refractivity contribution in [1.29, 1.82) is 0 Å². The third-order valence-corrected chi connectivity index (χ3v) is 3.22. The van der Waals surface area contributed by atoms with E-state index in [2.05, 4.69) is 44.9 Å². The molecule has 100 valence electrons. The molecule has 0 radical (unpaired) electrons. The maximum absolute atomic E-state index is 4.46. The second-order valence-electron chi connectivity index (χ2n) is 4.53. The Morgan fingerprint density at radius 2 is 1.90 bits per heavy atom. The molecular formula is C16H16N4. The summed E-state index contributed by atoms with van der Waals surface area (Å²) >= 11 is 0. The minimum absolute atomic E-state index is 0.738. The van der Waals surface area contributed by atoms with Gasteiger partial charge in [-0.1, -0.05) is 24.3 Å². The van der Waals surface area contributed by atoms with Gasteiger partial charge in [0.1, 0.15) is 5.82 Å². The number of pyridine rings is 2. The smallest absolute Gasteiger partial charge is 0.127 e. The van der Waals surface area contributed by atoms with Gasteiger partial charge in [-0.2, -0.15) is 0 Å². The maximum Gasteiger partial charge on any atom is 0.127 e. The highest BCUT2D eigenvalue weighted by Crippen LogP contribution is 2.18. The standard InChI is InChI=1S/C16H16N4/c1-17-15-10-14(7-9-18-15)20-11-13-5-2-4-12-6-3-8-19-16(12)13/h2-10H,11H2,1H3,(H2,17,18,20). The predicted octanol–water partition coefficient (Wildman–Crippen LogP) is 3.28. The summed E-state index contributed by atoms with van der Waals surface area (Å²) in [7, 11) is 1.86. The van der Waals surface area contributed by atoms with Crippen LogP contribution in [0.4, 0.5) is 11.5 Å². The van der Waals surface area contributed by atoms with Gasteiger partial charge in [-0.15, -0.1) is 0 Å². The summed E-state index contributed by atoms with van der Waals surface area (Å²) in [5.41, 5.74) is 3.27. The lowest BCUT2D eigenvalue weighted by molar-refractivity contribution is 1.14. The fraction of sp³-hybridized carbons (Fsp3) is 0.125. The van der Waals surface area contributed by atoms with Crippen LogP contribution in [0.25, 0.3) is 10.9 Å². The van der Waals surface area contributed by atoms with E-state index in [0.717, 1.165) is 29.0 Å². The highest BCUT2D eigenvalue weighted by atomic mass is 15.0. The number of nitrogens with zero attached hydrogens (tertiary/aromatic N) is 2. The average molecular weight is 264 g/mol. The topological polar surface area (TPSA) is 49.8 Å². The Balaban J connectivity index is 1.83. The van der Waals surface area contributed by atoms with Crippen molar-refractivity contribution in [2.45, 2.75) is 6.54 Å². The van der Waals surface area contributed by atoms with Gasteiger partial charge in [-0.25, -0.2) is 4.98 Å². The van der Waals surface area contributed by atoms with Crippen LogP contribution in [-0.2, 0) is 6.54 Å². The lowest BCUT2D eigenvalue weighted by Gasteiger charge is -2.09. The molecule has 1 aromatic carbocycles. The summed E-state index contributed by atoms with van der Waals surface area (Å²) in [6.45, 7) is 0.738. The number of aromatic nitrogens is 2. The molecule has 0 aliphatic rings. The first-order valence-electron chi connectivity index (χ1n) is 6.57. The van der Waals surface area contributed by atoms with Gasteiger partial charge >= 0.3 is 0 Å². The Morgan fingerprint density at radius 1 is 1.00 bits per heavy atom. The van der Waals surface area contributed by atoms with Gasteiger partial charge in [-0.3, -0.25) is 4.98 Å². The van der Waals surface area contributed by atoms with Crippen molar-refractivity contribution >= 4 is 22.4 Å². The van der Waals surface area contributed by atoms with E-state index in [1.807, 2.05) is 31.4 Å². The summed E-state index contributed by atoms with van der Waals surface area (Å²) in [5, 5.41) is 7.60. The SMILES string of the molecule is CNc1cc(NCc2cccc3cccnc23)ccn1. The second-order valence-corrected chi connectivity index (χ2v) is 4.53. The molecule has 3 aromatic rings. The maximum atomic E-state index is 4.46. The predicted molar refractivity (Wildman–Crippen MR) is 82.9 cm³/mol. The van der Waals surface area contributed by atoms with Crippen molar-refractivity contribution in [3.63, 3.8) is 0 Å². The number of rotatable bonds is 4. The molecule has 0 saturated carbocycles. The van der Waals surface area contributed by atoms with Crippen LogP contribution >= 0.6 is 0 Å². The fourth-order valence-electron chi connectivity index (χ4n) is 2.18. The van der Waals surface area contributed by atoms with Crippen LogP contribution in [0.3, 0.4) is 0 Å². The van der Waals surface area contributed by atoms with E-state index >= 15 is 0 Å². The van der Waals surface area contributed by atoms with E-state index in [1.165, 1.54) is 5.56 Å². The largest absolute Gasteiger partial charge is 0.381 e. The van der Waals surface area contributed by atoms with Crippen molar-refractivity contribution in [2.24, 2.45) is 0 Å². The Bertz CT molecular complexity index is 719. The molecule has 0 fully saturated rings. The summed E-state index contributed by atoms with van der Waals surface area (Å²) < 4.78 is 0. The molecule has 2 aromatic heterocycles. The molecule has 4 nitrogen and oxygen atoms in total. The molecule has 0 saturated heterocycles. The number of hydrogen-bond acceptors (Lipinski definition) is 4. The molecule has 0 spiro atoms. The molecule has 0 unspecified atom stereocenters. The molecule has 0 aliphatic carbocycles. The highest BCUT2D eigenvalue weighted by Gasteiger charge is 2.02. The van der Waals surface area contributed by atoms with Crippen LogP contribution in [0.2, 0.25) is 0 Å². The molecule has 20 heavy (non-hydrogen) atoms. The van der Waals surface area contributed by atoms with Crippen LogP contribution in [0.5, 0.6) is 0 Å². The lowest BCUT2D eigenvalue weighted by Crippen LogP contribution is -2.02. The van der Waals surface area contributed by atoms with Gasteiger partial charge in [0.15, 0.2) is 0 Å². The number of fused-ring (bicyclic) bond motifs is 1. The lowest BCUT2D eigenvalue weighted by atomic mass is 10.1. The van der Waals surface area contributed by atoms with Crippen LogP contribution in [-0.4, -0.2) is 17.0 Å². The van der Waals surface area contributed by atoms with E-state index in [0.29, 0.717) is 0 Å². The number of hydrogen-bond donors (Lipinski definition) is 2. The van der Waals surface area contributed by atoms with Gasteiger partial charge in [0.2, 0.25) is 0 Å². The zero-order chi connectivity index (χ0) is 13.8. The van der Waals surface area contributed by atoms with E-state index < -0.39 is 0 Å². The molecule has 0 amide bonds. The van der Waals surface area contributed by atoms with E-state index in [-0.39, 0.29) is 0 Å². The Hall–Kier alpha value is -2.62. The molecule has 3 rings (SSSR count). The van der Waals surface area contributed by atoms with Crippen LogP contribution in [0.15, 0.2) is 54.9 Å². The first kappa shape index (κ1) is 12.4. The van der Waals surface area contributed by atoms with E-state index in [4.69, 9.17) is 0 Å². The average Bonchev–Trinajstić information content (AvgIpc) is 2.53. The zero-order valence-corrected chi connectivity index (χ0v) is 11.3. The fourth-order valence-corrected chi connectivity index (χ4v) is 2.18. The molecule has 0 aliphatic heterocycles. The quantitative estimate of drug-likeness (QED) is 0.759. The zero-order valence-electron chi connectivity index (χ0n) is 11.3. The van der Waals surface area contributed by atoms with E-state index in [1.54, 1.807) is 6.20 Å². The van der Waals surface area contributed by atoms with Crippen molar-refractivity contribution in [1.82, 2.24) is 9.97 Å². The third kappa shape index (κ3) is 2.54. The number of para-hydroxylation sites is 1. The Kier molecular flexibility index (Phi) is 3.46. The first-order valence-corrected chi connectivity index (χ1v) is 6.57. The van der Waals surface area contributed by atoms with Gasteiger partial charge in [0, 0.05) is 43.1 Å². The normalized spacial score (nSPS) is 10.4. The molecule has 0 bridgehead atoms. The summed E-state index contributed by atoms with van der Waals surface area (Å²) in [6, 6.07) is 14.2. The summed E-state index contributed by atoms with van der Waals surface area (Å²) in [6.07, 6.45) is 3.62. The second kappa shape index (κ2) is 5.57. The minimum atomic E-state index is 0.738. The first-order chi connectivity index (χ1) is 9.86. The number of anilines is 2. The van der Waals surface area contributed by atoms with Crippen molar-refractivity contribution in [3.8, 4) is 0 Å². The molecular weight excluding hydrogens is 248 g/mol. The van der Waals surface area contributed by atoms with Crippen LogP contribution in [0, 0.1) is 0 Å². The van der Waals surface area contributed by atoms with Gasteiger partial charge in [0.25, 0.3) is 0 Å². The number of benzene rings is 1. The van der Waals surface area contributed by atoms with E-state index in [9.17, 15) is 0 Å². The third-order valence-electron chi connectivity index (χ3n) is 3.22. The molecule has 0 atom stereocenters. The Labute approximate surface area is 117 Å². The summed E-state index contributed by atoms with van der Waals surface area (Å²) in [5.74, 6) is 0.853. The molecule has 2 heterocycles. The number of nitrogens with one attached hydrogen (secondary N) is 2.